The monoisotopic (exact) mass is 434 g/mol. The molecule has 0 fully saturated rings. The lowest BCUT2D eigenvalue weighted by Gasteiger charge is -2.07. The standard InChI is InChI=1S/C15H10BrCl3N2O2/c16-10-4-5-13(12(18)6-10)23-8-14(22)21-20-7-9-2-1-3-11(17)15(9)19/h1-7H,8H2,(H,21,22). The molecule has 2 aromatic rings. The van der Waals surface area contributed by atoms with Gasteiger partial charge in [-0.3, -0.25) is 4.79 Å². The van der Waals surface area contributed by atoms with E-state index < -0.39 is 5.91 Å². The van der Waals surface area contributed by atoms with Gasteiger partial charge in [-0.1, -0.05) is 62.9 Å². The summed E-state index contributed by atoms with van der Waals surface area (Å²) < 4.78 is 6.13. The molecule has 0 aromatic heterocycles. The molecule has 0 saturated carbocycles. The zero-order valence-corrected chi connectivity index (χ0v) is 15.4. The quantitative estimate of drug-likeness (QED) is 0.533. The zero-order chi connectivity index (χ0) is 16.8. The van der Waals surface area contributed by atoms with E-state index in [1.54, 1.807) is 36.4 Å². The largest absolute Gasteiger partial charge is 0.482 e. The van der Waals surface area contributed by atoms with Crippen molar-refractivity contribution in [1.82, 2.24) is 5.43 Å². The normalized spacial score (nSPS) is 10.8. The van der Waals surface area contributed by atoms with Crippen LogP contribution in [-0.4, -0.2) is 18.7 Å². The molecule has 0 spiro atoms. The molecule has 1 N–H and O–H groups in total. The maximum atomic E-state index is 11.7. The Morgan fingerprint density at radius 2 is 2.00 bits per heavy atom. The van der Waals surface area contributed by atoms with E-state index in [4.69, 9.17) is 39.5 Å². The van der Waals surface area contributed by atoms with Crippen LogP contribution in [-0.2, 0) is 4.79 Å². The summed E-state index contributed by atoms with van der Waals surface area (Å²) >= 11 is 21.2. The van der Waals surface area contributed by atoms with Crippen LogP contribution in [0.25, 0.3) is 0 Å². The van der Waals surface area contributed by atoms with Gasteiger partial charge in [0.15, 0.2) is 6.61 Å². The molecule has 0 atom stereocenters. The first kappa shape index (κ1) is 18.1. The molecule has 4 nitrogen and oxygen atoms in total. The molecule has 0 radical (unpaired) electrons. The number of ether oxygens (including phenoxy) is 1. The smallest absolute Gasteiger partial charge is 0.277 e. The minimum atomic E-state index is -0.432. The number of amides is 1. The number of hydrogen-bond donors (Lipinski definition) is 1. The first-order chi connectivity index (χ1) is 11.0. The molecule has 120 valence electrons. The average Bonchev–Trinajstić information content (AvgIpc) is 2.50. The molecule has 0 aliphatic rings. The molecular formula is C15H10BrCl3N2O2. The molecule has 0 heterocycles. The van der Waals surface area contributed by atoms with Crippen molar-refractivity contribution in [2.45, 2.75) is 0 Å². The van der Waals surface area contributed by atoms with E-state index in [-0.39, 0.29) is 6.61 Å². The van der Waals surface area contributed by atoms with Gasteiger partial charge in [0.2, 0.25) is 0 Å². The van der Waals surface area contributed by atoms with Gasteiger partial charge in [-0.05, 0) is 24.3 Å². The molecule has 8 heteroatoms. The fourth-order valence-electron chi connectivity index (χ4n) is 1.56. The molecule has 2 aromatic carbocycles. The van der Waals surface area contributed by atoms with E-state index in [0.717, 1.165) is 4.47 Å². The third-order valence-electron chi connectivity index (χ3n) is 2.63. The number of rotatable bonds is 5. The Hall–Kier alpha value is -1.27. The summed E-state index contributed by atoms with van der Waals surface area (Å²) in [4.78, 5) is 11.7. The lowest BCUT2D eigenvalue weighted by molar-refractivity contribution is -0.123. The first-order valence-electron chi connectivity index (χ1n) is 6.31. The molecule has 0 unspecified atom stereocenters. The number of nitrogens with one attached hydrogen (secondary N) is 1. The van der Waals surface area contributed by atoms with Crippen LogP contribution < -0.4 is 10.2 Å². The molecular weight excluding hydrogens is 426 g/mol. The van der Waals surface area contributed by atoms with Crippen LogP contribution in [0.1, 0.15) is 5.56 Å². The molecule has 0 saturated heterocycles. The van der Waals surface area contributed by atoms with Crippen molar-refractivity contribution >= 4 is 62.9 Å². The Kier molecular flexibility index (Phi) is 6.72. The van der Waals surface area contributed by atoms with Gasteiger partial charge in [-0.25, -0.2) is 5.43 Å². The summed E-state index contributed by atoms with van der Waals surface area (Å²) in [6.45, 7) is -0.220. The van der Waals surface area contributed by atoms with E-state index in [1.165, 1.54) is 6.21 Å². The van der Waals surface area contributed by atoms with E-state index in [9.17, 15) is 4.79 Å². The summed E-state index contributed by atoms with van der Waals surface area (Å²) in [5.41, 5.74) is 2.92. The zero-order valence-electron chi connectivity index (χ0n) is 11.5. The first-order valence-corrected chi connectivity index (χ1v) is 8.24. The predicted octanol–water partition coefficient (Wildman–Crippen LogP) is 4.94. The van der Waals surface area contributed by atoms with Gasteiger partial charge >= 0.3 is 0 Å². The topological polar surface area (TPSA) is 50.7 Å². The minimum absolute atomic E-state index is 0.220. The van der Waals surface area contributed by atoms with E-state index in [0.29, 0.717) is 26.4 Å². The van der Waals surface area contributed by atoms with E-state index in [2.05, 4.69) is 26.5 Å². The van der Waals surface area contributed by atoms with Crippen molar-refractivity contribution < 1.29 is 9.53 Å². The van der Waals surface area contributed by atoms with Crippen molar-refractivity contribution in [3.05, 3.63) is 61.5 Å². The highest BCUT2D eigenvalue weighted by molar-refractivity contribution is 9.10. The number of hydrogen-bond acceptors (Lipinski definition) is 3. The molecule has 1 amide bonds. The highest BCUT2D eigenvalue weighted by Crippen LogP contribution is 2.27. The van der Waals surface area contributed by atoms with Gasteiger partial charge in [0.05, 0.1) is 21.3 Å². The van der Waals surface area contributed by atoms with E-state index in [1.807, 2.05) is 0 Å². The van der Waals surface area contributed by atoms with Crippen molar-refractivity contribution in [2.75, 3.05) is 6.61 Å². The Morgan fingerprint density at radius 3 is 2.74 bits per heavy atom. The van der Waals surface area contributed by atoms with Crippen LogP contribution in [0.4, 0.5) is 0 Å². The Morgan fingerprint density at radius 1 is 1.22 bits per heavy atom. The van der Waals surface area contributed by atoms with Gasteiger partial charge in [-0.2, -0.15) is 5.10 Å². The van der Waals surface area contributed by atoms with Crippen LogP contribution in [0.15, 0.2) is 46.0 Å². The number of hydrazone groups is 1. The molecule has 0 aliphatic carbocycles. The third-order valence-corrected chi connectivity index (χ3v) is 4.25. The third kappa shape index (κ3) is 5.39. The summed E-state index contributed by atoms with van der Waals surface area (Å²) in [6.07, 6.45) is 1.40. The molecule has 0 bridgehead atoms. The summed E-state index contributed by atoms with van der Waals surface area (Å²) in [6, 6.07) is 10.2. The van der Waals surface area contributed by atoms with Crippen LogP contribution in [0.2, 0.25) is 15.1 Å². The lowest BCUT2D eigenvalue weighted by Crippen LogP contribution is -2.24. The SMILES string of the molecule is O=C(COc1ccc(Br)cc1Cl)NN=Cc1cccc(Cl)c1Cl. The average molecular weight is 437 g/mol. The van der Waals surface area contributed by atoms with Crippen molar-refractivity contribution in [2.24, 2.45) is 5.10 Å². The number of halogens is 4. The number of nitrogens with zero attached hydrogens (tertiary/aromatic N) is 1. The second-order valence-corrected chi connectivity index (χ2v) is 6.41. The summed E-state index contributed by atoms with van der Waals surface area (Å²) in [5.74, 6) is -0.0229. The fraction of sp³-hybridized carbons (Fsp3) is 0.0667. The fourth-order valence-corrected chi connectivity index (χ4v) is 2.65. The Labute approximate surface area is 156 Å². The van der Waals surface area contributed by atoms with Gasteiger partial charge in [-0.15, -0.1) is 0 Å². The molecule has 0 aliphatic heterocycles. The molecule has 2 rings (SSSR count). The van der Waals surface area contributed by atoms with Crippen molar-refractivity contribution in [1.29, 1.82) is 0 Å². The summed E-state index contributed by atoms with van der Waals surface area (Å²) in [5, 5.41) is 4.99. The van der Waals surface area contributed by atoms with Gasteiger partial charge in [0, 0.05) is 10.0 Å². The summed E-state index contributed by atoms with van der Waals surface area (Å²) in [7, 11) is 0. The molecule has 23 heavy (non-hydrogen) atoms. The number of carbonyl (C=O) groups is 1. The highest BCUT2D eigenvalue weighted by atomic mass is 79.9. The van der Waals surface area contributed by atoms with Crippen LogP contribution in [0, 0.1) is 0 Å². The number of benzene rings is 2. The van der Waals surface area contributed by atoms with Gasteiger partial charge in [0.1, 0.15) is 5.75 Å². The number of carbonyl (C=O) groups excluding carboxylic acids is 1. The Bertz CT molecular complexity index is 753. The predicted molar refractivity (Wildman–Crippen MR) is 96.8 cm³/mol. The lowest BCUT2D eigenvalue weighted by atomic mass is 10.2. The maximum Gasteiger partial charge on any atom is 0.277 e. The second-order valence-electron chi connectivity index (χ2n) is 4.30. The highest BCUT2D eigenvalue weighted by Gasteiger charge is 2.06. The van der Waals surface area contributed by atoms with Gasteiger partial charge in [0.25, 0.3) is 5.91 Å². The van der Waals surface area contributed by atoms with Crippen molar-refractivity contribution in [3.63, 3.8) is 0 Å². The van der Waals surface area contributed by atoms with Crippen LogP contribution in [0.5, 0.6) is 5.75 Å². The Balaban J connectivity index is 1.87. The second kappa shape index (κ2) is 8.55. The maximum absolute atomic E-state index is 11.7. The van der Waals surface area contributed by atoms with Crippen LogP contribution in [0.3, 0.4) is 0 Å². The minimum Gasteiger partial charge on any atom is -0.482 e. The van der Waals surface area contributed by atoms with E-state index >= 15 is 0 Å². The van der Waals surface area contributed by atoms with Gasteiger partial charge < -0.3 is 4.74 Å². The van der Waals surface area contributed by atoms with Crippen LogP contribution >= 0.6 is 50.7 Å². The van der Waals surface area contributed by atoms with Crippen molar-refractivity contribution in [3.8, 4) is 5.75 Å².